The van der Waals surface area contributed by atoms with Crippen LogP contribution in [0.2, 0.25) is 0 Å². The lowest BCUT2D eigenvalue weighted by atomic mass is 10.1. The summed E-state index contributed by atoms with van der Waals surface area (Å²) in [5, 5.41) is 14.2. The maximum absolute atomic E-state index is 10.1. The number of aryl methyl sites for hydroxylation is 1. The van der Waals surface area contributed by atoms with E-state index in [2.05, 4.69) is 29.8 Å². The second-order valence-corrected chi connectivity index (χ2v) is 5.44. The van der Waals surface area contributed by atoms with Crippen LogP contribution in [0, 0.1) is 0 Å². The van der Waals surface area contributed by atoms with Gasteiger partial charge in [-0.25, -0.2) is 0 Å². The first kappa shape index (κ1) is 10.9. The van der Waals surface area contributed by atoms with Crippen molar-refractivity contribution in [3.05, 3.63) is 44.3 Å². The second kappa shape index (κ2) is 4.92. The summed E-state index contributed by atoms with van der Waals surface area (Å²) in [6.45, 7) is 2.13. The largest absolute Gasteiger partial charge is 0.387 e. The van der Waals surface area contributed by atoms with Crippen LogP contribution in [-0.4, -0.2) is 5.11 Å². The monoisotopic (exact) mass is 238 g/mol. The molecular weight excluding hydrogens is 224 g/mol. The van der Waals surface area contributed by atoms with Gasteiger partial charge in [0.25, 0.3) is 0 Å². The van der Waals surface area contributed by atoms with Gasteiger partial charge in [0.15, 0.2) is 0 Å². The zero-order valence-corrected chi connectivity index (χ0v) is 10.3. The molecule has 2 heterocycles. The first-order valence-electron chi connectivity index (χ1n) is 5.08. The third kappa shape index (κ3) is 2.48. The molecule has 0 aliphatic carbocycles. The Hall–Kier alpha value is -0.640. The highest BCUT2D eigenvalue weighted by Gasteiger charge is 2.13. The summed E-state index contributed by atoms with van der Waals surface area (Å²) >= 11 is 3.37. The van der Waals surface area contributed by atoms with Gasteiger partial charge in [-0.15, -0.1) is 22.7 Å². The minimum Gasteiger partial charge on any atom is -0.387 e. The van der Waals surface area contributed by atoms with E-state index in [1.165, 1.54) is 10.4 Å². The highest BCUT2D eigenvalue weighted by molar-refractivity contribution is 7.10. The molecule has 2 aromatic rings. The molecule has 3 heteroatoms. The SMILES string of the molecule is CCc1ccsc1C(O)Cc1cccs1. The Kier molecular flexibility index (Phi) is 3.57. The average molecular weight is 238 g/mol. The molecule has 0 fully saturated rings. The van der Waals surface area contributed by atoms with Crippen molar-refractivity contribution >= 4 is 22.7 Å². The summed E-state index contributed by atoms with van der Waals surface area (Å²) < 4.78 is 0. The second-order valence-electron chi connectivity index (χ2n) is 3.46. The van der Waals surface area contributed by atoms with E-state index in [4.69, 9.17) is 0 Å². The maximum Gasteiger partial charge on any atom is 0.0932 e. The number of aliphatic hydroxyl groups is 1. The van der Waals surface area contributed by atoms with Crippen LogP contribution in [0.25, 0.3) is 0 Å². The first-order chi connectivity index (χ1) is 7.31. The number of thiophene rings is 2. The van der Waals surface area contributed by atoms with Crippen LogP contribution in [0.4, 0.5) is 0 Å². The van der Waals surface area contributed by atoms with E-state index < -0.39 is 0 Å². The minimum absolute atomic E-state index is 0.335. The molecule has 1 N–H and O–H groups in total. The molecule has 0 aliphatic rings. The molecule has 1 nitrogen and oxygen atoms in total. The van der Waals surface area contributed by atoms with Gasteiger partial charge in [0.05, 0.1) is 6.10 Å². The fourth-order valence-electron chi connectivity index (χ4n) is 1.64. The fourth-order valence-corrected chi connectivity index (χ4v) is 3.37. The van der Waals surface area contributed by atoms with E-state index in [0.717, 1.165) is 17.7 Å². The van der Waals surface area contributed by atoms with Crippen molar-refractivity contribution in [2.75, 3.05) is 0 Å². The van der Waals surface area contributed by atoms with Crippen LogP contribution in [0.1, 0.15) is 28.3 Å². The first-order valence-corrected chi connectivity index (χ1v) is 6.84. The standard InChI is InChI=1S/C12H14OS2/c1-2-9-5-7-15-12(9)11(13)8-10-4-3-6-14-10/h3-7,11,13H,2,8H2,1H3. The van der Waals surface area contributed by atoms with Gasteiger partial charge in [-0.2, -0.15) is 0 Å². The van der Waals surface area contributed by atoms with Crippen LogP contribution in [0.3, 0.4) is 0 Å². The Balaban J connectivity index is 2.11. The highest BCUT2D eigenvalue weighted by Crippen LogP contribution is 2.28. The van der Waals surface area contributed by atoms with E-state index in [9.17, 15) is 5.11 Å². The predicted octanol–water partition coefficient (Wildman–Crippen LogP) is 3.65. The number of hydrogen-bond acceptors (Lipinski definition) is 3. The smallest absolute Gasteiger partial charge is 0.0932 e. The van der Waals surface area contributed by atoms with Crippen LogP contribution in [-0.2, 0) is 12.8 Å². The maximum atomic E-state index is 10.1. The number of hydrogen-bond donors (Lipinski definition) is 1. The van der Waals surface area contributed by atoms with E-state index >= 15 is 0 Å². The van der Waals surface area contributed by atoms with E-state index in [0.29, 0.717) is 0 Å². The lowest BCUT2D eigenvalue weighted by Gasteiger charge is -2.09. The Bertz CT molecular complexity index is 403. The molecule has 0 amide bonds. The molecule has 0 saturated heterocycles. The third-order valence-corrected chi connectivity index (χ3v) is 4.40. The summed E-state index contributed by atoms with van der Waals surface area (Å²) in [4.78, 5) is 2.38. The summed E-state index contributed by atoms with van der Waals surface area (Å²) in [6, 6.07) is 6.21. The van der Waals surface area contributed by atoms with Crippen LogP contribution in [0.5, 0.6) is 0 Å². The Labute approximate surface area is 98.0 Å². The lowest BCUT2D eigenvalue weighted by molar-refractivity contribution is 0.182. The van der Waals surface area contributed by atoms with Gasteiger partial charge in [-0.05, 0) is 34.9 Å². The zero-order valence-electron chi connectivity index (χ0n) is 8.64. The van der Waals surface area contributed by atoms with Gasteiger partial charge >= 0.3 is 0 Å². The molecule has 0 saturated carbocycles. The summed E-state index contributed by atoms with van der Waals surface area (Å²) in [6.07, 6.45) is 1.41. The van der Waals surface area contributed by atoms with Crippen molar-refractivity contribution in [1.82, 2.24) is 0 Å². The molecule has 2 rings (SSSR count). The van der Waals surface area contributed by atoms with Crippen molar-refractivity contribution in [3.8, 4) is 0 Å². The summed E-state index contributed by atoms with van der Waals surface area (Å²) in [5.41, 5.74) is 1.28. The molecule has 2 aromatic heterocycles. The lowest BCUT2D eigenvalue weighted by Crippen LogP contribution is -2.00. The summed E-state index contributed by atoms with van der Waals surface area (Å²) in [7, 11) is 0. The number of aliphatic hydroxyl groups excluding tert-OH is 1. The van der Waals surface area contributed by atoms with Crippen molar-refractivity contribution in [2.24, 2.45) is 0 Å². The van der Waals surface area contributed by atoms with Gasteiger partial charge in [0, 0.05) is 16.2 Å². The van der Waals surface area contributed by atoms with Gasteiger partial charge < -0.3 is 5.11 Å². The minimum atomic E-state index is -0.335. The Morgan fingerprint density at radius 2 is 2.13 bits per heavy atom. The molecule has 1 unspecified atom stereocenters. The van der Waals surface area contributed by atoms with Crippen molar-refractivity contribution in [1.29, 1.82) is 0 Å². The fraction of sp³-hybridized carbons (Fsp3) is 0.333. The van der Waals surface area contributed by atoms with Crippen LogP contribution in [0.15, 0.2) is 29.0 Å². The van der Waals surface area contributed by atoms with Gasteiger partial charge in [-0.1, -0.05) is 13.0 Å². The molecule has 0 spiro atoms. The van der Waals surface area contributed by atoms with E-state index in [-0.39, 0.29) is 6.10 Å². The van der Waals surface area contributed by atoms with Crippen LogP contribution >= 0.6 is 22.7 Å². The van der Waals surface area contributed by atoms with Gasteiger partial charge in [0.2, 0.25) is 0 Å². The molecule has 1 atom stereocenters. The zero-order chi connectivity index (χ0) is 10.7. The molecule has 80 valence electrons. The topological polar surface area (TPSA) is 20.2 Å². The molecular formula is C12H14OS2. The molecule has 0 radical (unpaired) electrons. The van der Waals surface area contributed by atoms with Crippen molar-refractivity contribution in [3.63, 3.8) is 0 Å². The molecule has 0 aromatic carbocycles. The molecule has 15 heavy (non-hydrogen) atoms. The highest BCUT2D eigenvalue weighted by atomic mass is 32.1. The summed E-state index contributed by atoms with van der Waals surface area (Å²) in [5.74, 6) is 0. The number of rotatable bonds is 4. The third-order valence-electron chi connectivity index (χ3n) is 2.44. The van der Waals surface area contributed by atoms with Crippen LogP contribution < -0.4 is 0 Å². The van der Waals surface area contributed by atoms with E-state index in [1.54, 1.807) is 22.7 Å². The van der Waals surface area contributed by atoms with Gasteiger partial charge in [0.1, 0.15) is 0 Å². The quantitative estimate of drug-likeness (QED) is 0.862. The normalized spacial score (nSPS) is 12.9. The van der Waals surface area contributed by atoms with Crippen molar-refractivity contribution < 1.29 is 5.11 Å². The predicted molar refractivity (Wildman–Crippen MR) is 66.7 cm³/mol. The molecule has 0 aliphatic heterocycles. The Morgan fingerprint density at radius 3 is 2.80 bits per heavy atom. The van der Waals surface area contributed by atoms with Gasteiger partial charge in [-0.3, -0.25) is 0 Å². The Morgan fingerprint density at radius 1 is 1.27 bits per heavy atom. The van der Waals surface area contributed by atoms with E-state index in [1.807, 2.05) is 6.07 Å². The average Bonchev–Trinajstić information content (AvgIpc) is 2.86. The van der Waals surface area contributed by atoms with Crippen molar-refractivity contribution in [2.45, 2.75) is 25.9 Å². The molecule has 0 bridgehead atoms.